The molecule has 4 nitrogen and oxygen atoms in total. The minimum atomic E-state index is -0.329. The van der Waals surface area contributed by atoms with Crippen LogP contribution in [0.15, 0.2) is 10.6 Å². The second-order valence-corrected chi connectivity index (χ2v) is 3.09. The van der Waals surface area contributed by atoms with Crippen molar-refractivity contribution in [3.8, 4) is 0 Å². The molecule has 1 heterocycles. The lowest BCUT2D eigenvalue weighted by Crippen LogP contribution is -1.98. The summed E-state index contributed by atoms with van der Waals surface area (Å²) in [5.74, 6) is 1.23. The van der Waals surface area contributed by atoms with Gasteiger partial charge in [-0.3, -0.25) is 4.79 Å². The van der Waals surface area contributed by atoms with Gasteiger partial charge in [-0.1, -0.05) is 13.8 Å². The van der Waals surface area contributed by atoms with Crippen LogP contribution >= 0.6 is 0 Å². The van der Waals surface area contributed by atoms with Crippen molar-refractivity contribution >= 4 is 5.97 Å². The quantitative estimate of drug-likeness (QED) is 0.671. The van der Waals surface area contributed by atoms with Crippen molar-refractivity contribution < 1.29 is 13.9 Å². The van der Waals surface area contributed by atoms with E-state index >= 15 is 0 Å². The molecule has 0 spiro atoms. The third-order valence-electron chi connectivity index (χ3n) is 1.54. The summed E-state index contributed by atoms with van der Waals surface area (Å²) >= 11 is 0. The van der Waals surface area contributed by atoms with Crippen LogP contribution in [0, 0.1) is 0 Å². The van der Waals surface area contributed by atoms with Gasteiger partial charge in [0.15, 0.2) is 6.61 Å². The van der Waals surface area contributed by atoms with Crippen LogP contribution in [0.25, 0.3) is 0 Å². The molecular weight excluding hydrogens is 170 g/mol. The second-order valence-electron chi connectivity index (χ2n) is 3.09. The number of carbonyl (C=O) groups is 1. The first-order valence-electron chi connectivity index (χ1n) is 4.17. The zero-order chi connectivity index (χ0) is 9.84. The highest BCUT2D eigenvalue weighted by atomic mass is 16.5. The highest BCUT2D eigenvalue weighted by Crippen LogP contribution is 2.15. The summed E-state index contributed by atoms with van der Waals surface area (Å²) in [4.78, 5) is 14.4. The number of hydrogen-bond acceptors (Lipinski definition) is 4. The van der Waals surface area contributed by atoms with Crippen molar-refractivity contribution in [1.29, 1.82) is 0 Å². The normalized spacial score (nSPS) is 10.5. The summed E-state index contributed by atoms with van der Waals surface area (Å²) in [5, 5.41) is 0. The molecule has 0 bridgehead atoms. The number of aromatic nitrogens is 1. The first-order chi connectivity index (χ1) is 6.09. The average molecular weight is 183 g/mol. The van der Waals surface area contributed by atoms with Gasteiger partial charge >= 0.3 is 5.97 Å². The molecule has 0 atom stereocenters. The van der Waals surface area contributed by atoms with Gasteiger partial charge in [-0.05, 0) is 0 Å². The maximum absolute atomic E-state index is 10.5. The summed E-state index contributed by atoms with van der Waals surface area (Å²) in [6.45, 7) is 5.49. The Bertz CT molecular complexity index is 291. The molecule has 1 aromatic rings. The molecule has 13 heavy (non-hydrogen) atoms. The molecule has 0 fully saturated rings. The third-order valence-corrected chi connectivity index (χ3v) is 1.54. The summed E-state index contributed by atoms with van der Waals surface area (Å²) < 4.78 is 10.0. The number of ether oxygens (including phenoxy) is 1. The van der Waals surface area contributed by atoms with Gasteiger partial charge < -0.3 is 9.15 Å². The second kappa shape index (κ2) is 4.07. The van der Waals surface area contributed by atoms with E-state index < -0.39 is 0 Å². The van der Waals surface area contributed by atoms with Crippen molar-refractivity contribution in [1.82, 2.24) is 4.98 Å². The number of esters is 1. The lowest BCUT2D eigenvalue weighted by atomic mass is 10.2. The Morgan fingerprint density at radius 2 is 2.38 bits per heavy atom. The largest absolute Gasteiger partial charge is 0.456 e. The van der Waals surface area contributed by atoms with Crippen molar-refractivity contribution in [2.75, 3.05) is 0 Å². The van der Waals surface area contributed by atoms with Crippen LogP contribution in [-0.4, -0.2) is 11.0 Å². The van der Waals surface area contributed by atoms with E-state index in [0.29, 0.717) is 11.8 Å². The maximum atomic E-state index is 10.5. The first kappa shape index (κ1) is 9.77. The molecule has 0 aromatic carbocycles. The van der Waals surface area contributed by atoms with Gasteiger partial charge in [-0.15, -0.1) is 0 Å². The molecule has 1 rings (SSSR count). The zero-order valence-corrected chi connectivity index (χ0v) is 8.03. The molecule has 4 heteroatoms. The highest BCUT2D eigenvalue weighted by Gasteiger charge is 2.07. The van der Waals surface area contributed by atoms with Crippen LogP contribution < -0.4 is 0 Å². The summed E-state index contributed by atoms with van der Waals surface area (Å²) in [5.41, 5.74) is 0. The zero-order valence-electron chi connectivity index (χ0n) is 8.03. The van der Waals surface area contributed by atoms with Crippen LogP contribution in [0.1, 0.15) is 38.3 Å². The van der Waals surface area contributed by atoms with E-state index in [1.165, 1.54) is 6.92 Å². The monoisotopic (exact) mass is 183 g/mol. The highest BCUT2D eigenvalue weighted by molar-refractivity contribution is 5.65. The molecule has 0 amide bonds. The fourth-order valence-corrected chi connectivity index (χ4v) is 0.821. The van der Waals surface area contributed by atoms with Crippen LogP contribution in [0.3, 0.4) is 0 Å². The van der Waals surface area contributed by atoms with Crippen molar-refractivity contribution in [3.63, 3.8) is 0 Å². The molecule has 0 aliphatic rings. The molecule has 0 unspecified atom stereocenters. The SMILES string of the molecule is CC(=O)OCc1ncc(C(C)C)o1. The van der Waals surface area contributed by atoms with Gasteiger partial charge in [0.2, 0.25) is 5.89 Å². The van der Waals surface area contributed by atoms with E-state index in [1.54, 1.807) is 6.20 Å². The predicted octanol–water partition coefficient (Wildman–Crippen LogP) is 1.86. The number of nitrogens with zero attached hydrogens (tertiary/aromatic N) is 1. The Labute approximate surface area is 76.9 Å². The molecule has 0 N–H and O–H groups in total. The molecule has 0 aliphatic heterocycles. The van der Waals surface area contributed by atoms with E-state index in [1.807, 2.05) is 13.8 Å². The number of carbonyl (C=O) groups excluding carboxylic acids is 1. The van der Waals surface area contributed by atoms with Crippen molar-refractivity contribution in [2.24, 2.45) is 0 Å². The molecular formula is C9H13NO3. The van der Waals surface area contributed by atoms with E-state index in [9.17, 15) is 4.79 Å². The van der Waals surface area contributed by atoms with E-state index in [2.05, 4.69) is 4.98 Å². The molecule has 0 saturated heterocycles. The summed E-state index contributed by atoms with van der Waals surface area (Å²) in [6.07, 6.45) is 1.66. The first-order valence-corrected chi connectivity index (χ1v) is 4.17. The Morgan fingerprint density at radius 1 is 1.69 bits per heavy atom. The Morgan fingerprint density at radius 3 is 2.85 bits per heavy atom. The van der Waals surface area contributed by atoms with Gasteiger partial charge in [-0.2, -0.15) is 0 Å². The standard InChI is InChI=1S/C9H13NO3/c1-6(2)8-4-10-9(13-8)5-12-7(3)11/h4,6H,5H2,1-3H3. The van der Waals surface area contributed by atoms with Crippen LogP contribution in [0.4, 0.5) is 0 Å². The molecule has 0 aliphatic carbocycles. The fraction of sp³-hybridized carbons (Fsp3) is 0.556. The Kier molecular flexibility index (Phi) is 3.06. The van der Waals surface area contributed by atoms with Gasteiger partial charge in [0.1, 0.15) is 5.76 Å². The number of rotatable bonds is 3. The third kappa shape index (κ3) is 2.89. The topological polar surface area (TPSA) is 52.3 Å². The van der Waals surface area contributed by atoms with Gasteiger partial charge in [0.05, 0.1) is 6.20 Å². The smallest absolute Gasteiger partial charge is 0.303 e. The maximum Gasteiger partial charge on any atom is 0.303 e. The minimum absolute atomic E-state index is 0.113. The average Bonchev–Trinajstić information content (AvgIpc) is 2.48. The lowest BCUT2D eigenvalue weighted by molar-refractivity contribution is -0.142. The minimum Gasteiger partial charge on any atom is -0.456 e. The van der Waals surface area contributed by atoms with Gasteiger partial charge in [-0.25, -0.2) is 4.98 Å². The molecule has 0 radical (unpaired) electrons. The number of oxazole rings is 1. The summed E-state index contributed by atoms with van der Waals surface area (Å²) in [6, 6.07) is 0. The van der Waals surface area contributed by atoms with Crippen LogP contribution in [-0.2, 0) is 16.1 Å². The van der Waals surface area contributed by atoms with Crippen molar-refractivity contribution in [2.45, 2.75) is 33.3 Å². The molecule has 0 saturated carbocycles. The molecule has 1 aromatic heterocycles. The lowest BCUT2D eigenvalue weighted by Gasteiger charge is -1.98. The fourth-order valence-electron chi connectivity index (χ4n) is 0.821. The van der Waals surface area contributed by atoms with Crippen LogP contribution in [0.2, 0.25) is 0 Å². The van der Waals surface area contributed by atoms with Crippen LogP contribution in [0.5, 0.6) is 0 Å². The number of hydrogen-bond donors (Lipinski definition) is 0. The molecule has 72 valence electrons. The predicted molar refractivity (Wildman–Crippen MR) is 46.1 cm³/mol. The van der Waals surface area contributed by atoms with Gasteiger partial charge in [0.25, 0.3) is 0 Å². The Hall–Kier alpha value is -1.32. The van der Waals surface area contributed by atoms with E-state index in [4.69, 9.17) is 9.15 Å². The van der Waals surface area contributed by atoms with Crippen molar-refractivity contribution in [3.05, 3.63) is 17.8 Å². The Balaban J connectivity index is 2.54. The van der Waals surface area contributed by atoms with E-state index in [0.717, 1.165) is 5.76 Å². The summed E-state index contributed by atoms with van der Waals surface area (Å²) in [7, 11) is 0. The van der Waals surface area contributed by atoms with E-state index in [-0.39, 0.29) is 12.6 Å². The van der Waals surface area contributed by atoms with Gasteiger partial charge in [0, 0.05) is 12.8 Å².